The number of hydrogen-bond acceptors (Lipinski definition) is 4. The first-order chi connectivity index (χ1) is 9.90. The van der Waals surface area contributed by atoms with Gasteiger partial charge in [0.05, 0.1) is 11.7 Å². The average Bonchev–Trinajstić information content (AvgIpc) is 2.47. The van der Waals surface area contributed by atoms with E-state index >= 15 is 0 Å². The highest BCUT2D eigenvalue weighted by molar-refractivity contribution is 5.40. The van der Waals surface area contributed by atoms with Gasteiger partial charge in [0.1, 0.15) is 5.82 Å². The third-order valence-electron chi connectivity index (χ3n) is 3.49. The van der Waals surface area contributed by atoms with Gasteiger partial charge in [-0.15, -0.1) is 6.58 Å². The molecule has 1 saturated heterocycles. The summed E-state index contributed by atoms with van der Waals surface area (Å²) in [6.45, 7) is 6.85. The van der Waals surface area contributed by atoms with Crippen LogP contribution in [0.3, 0.4) is 0 Å². The maximum Gasteiger partial charge on any atom is 0.417 e. The Morgan fingerprint density at radius 2 is 1.95 bits per heavy atom. The van der Waals surface area contributed by atoms with Gasteiger partial charge in [-0.1, -0.05) is 6.08 Å². The molecule has 0 aliphatic carbocycles. The molecule has 1 atom stereocenters. The highest BCUT2D eigenvalue weighted by Crippen LogP contribution is 2.29. The summed E-state index contributed by atoms with van der Waals surface area (Å²) in [6, 6.07) is 2.45. The quantitative estimate of drug-likeness (QED) is 0.861. The van der Waals surface area contributed by atoms with E-state index in [4.69, 9.17) is 0 Å². The second kappa shape index (κ2) is 6.44. The molecule has 2 rings (SSSR count). The molecule has 4 nitrogen and oxygen atoms in total. The number of rotatable bonds is 4. The zero-order valence-corrected chi connectivity index (χ0v) is 11.6. The number of aliphatic hydroxyl groups is 1. The van der Waals surface area contributed by atoms with Gasteiger partial charge in [-0.3, -0.25) is 4.90 Å². The Morgan fingerprint density at radius 3 is 2.43 bits per heavy atom. The molecule has 1 N–H and O–H groups in total. The van der Waals surface area contributed by atoms with Gasteiger partial charge in [-0.2, -0.15) is 13.2 Å². The molecule has 1 unspecified atom stereocenters. The number of anilines is 1. The van der Waals surface area contributed by atoms with Gasteiger partial charge >= 0.3 is 6.18 Å². The molecule has 1 aromatic heterocycles. The molecule has 0 bridgehead atoms. The summed E-state index contributed by atoms with van der Waals surface area (Å²) in [6.07, 6.45) is -2.56. The average molecular weight is 301 g/mol. The predicted molar refractivity (Wildman–Crippen MR) is 74.1 cm³/mol. The Morgan fingerprint density at radius 1 is 1.29 bits per heavy atom. The van der Waals surface area contributed by atoms with Gasteiger partial charge < -0.3 is 10.0 Å². The molecule has 0 aromatic carbocycles. The van der Waals surface area contributed by atoms with Crippen molar-refractivity contribution in [2.24, 2.45) is 0 Å². The van der Waals surface area contributed by atoms with Crippen molar-refractivity contribution in [2.45, 2.75) is 12.3 Å². The number of nitrogens with zero attached hydrogens (tertiary/aromatic N) is 3. The lowest BCUT2D eigenvalue weighted by molar-refractivity contribution is -0.137. The minimum Gasteiger partial charge on any atom is -0.388 e. The molecular weight excluding hydrogens is 283 g/mol. The van der Waals surface area contributed by atoms with Crippen LogP contribution in [-0.2, 0) is 6.18 Å². The molecule has 1 aromatic rings. The fourth-order valence-corrected chi connectivity index (χ4v) is 2.24. The summed E-state index contributed by atoms with van der Waals surface area (Å²) in [7, 11) is 0. The molecule has 1 fully saturated rings. The third kappa shape index (κ3) is 4.18. The summed E-state index contributed by atoms with van der Waals surface area (Å²) >= 11 is 0. The Hall–Kier alpha value is -1.60. The molecule has 21 heavy (non-hydrogen) atoms. The summed E-state index contributed by atoms with van der Waals surface area (Å²) in [5, 5.41) is 9.51. The van der Waals surface area contributed by atoms with Crippen LogP contribution in [0.4, 0.5) is 19.0 Å². The van der Waals surface area contributed by atoms with Crippen LogP contribution in [0.5, 0.6) is 0 Å². The molecule has 1 aliphatic rings. The lowest BCUT2D eigenvalue weighted by Gasteiger charge is -2.36. The number of halogens is 3. The number of alkyl halides is 3. The van der Waals surface area contributed by atoms with Crippen LogP contribution in [-0.4, -0.2) is 53.8 Å². The van der Waals surface area contributed by atoms with Gasteiger partial charge in [-0.05, 0) is 12.1 Å². The number of aromatic nitrogens is 1. The first-order valence-electron chi connectivity index (χ1n) is 6.71. The van der Waals surface area contributed by atoms with Crippen molar-refractivity contribution in [1.82, 2.24) is 9.88 Å². The van der Waals surface area contributed by atoms with E-state index in [9.17, 15) is 18.3 Å². The fourth-order valence-electron chi connectivity index (χ4n) is 2.24. The second-order valence-electron chi connectivity index (χ2n) is 4.99. The highest BCUT2D eigenvalue weighted by Gasteiger charge is 2.31. The largest absolute Gasteiger partial charge is 0.417 e. The summed E-state index contributed by atoms with van der Waals surface area (Å²) in [5.74, 6) is 0.548. The SMILES string of the molecule is C=CC(O)CN1CCN(c2ccc(C(F)(F)F)cn2)CC1. The van der Waals surface area contributed by atoms with E-state index < -0.39 is 17.8 Å². The van der Waals surface area contributed by atoms with E-state index in [1.807, 2.05) is 4.90 Å². The Bertz CT molecular complexity index is 467. The van der Waals surface area contributed by atoms with Crippen molar-refractivity contribution >= 4 is 5.82 Å². The van der Waals surface area contributed by atoms with Crippen LogP contribution in [0.1, 0.15) is 5.56 Å². The van der Waals surface area contributed by atoms with Crippen LogP contribution in [0, 0.1) is 0 Å². The summed E-state index contributed by atoms with van der Waals surface area (Å²) in [4.78, 5) is 7.92. The molecule has 0 spiro atoms. The smallest absolute Gasteiger partial charge is 0.388 e. The van der Waals surface area contributed by atoms with Gasteiger partial charge in [0.2, 0.25) is 0 Å². The molecular formula is C14H18F3N3O. The minimum absolute atomic E-state index is 0.526. The number of β-amino-alcohol motifs (C(OH)–C–C–N with tert-alkyl or cyclic N) is 1. The third-order valence-corrected chi connectivity index (χ3v) is 3.49. The van der Waals surface area contributed by atoms with Gasteiger partial charge in [0, 0.05) is 38.9 Å². The first kappa shape index (κ1) is 15.8. The van der Waals surface area contributed by atoms with Crippen molar-refractivity contribution in [3.63, 3.8) is 0 Å². The number of pyridine rings is 1. The second-order valence-corrected chi connectivity index (χ2v) is 4.99. The standard InChI is InChI=1S/C14H18F3N3O/c1-2-12(21)10-19-5-7-20(8-6-19)13-4-3-11(9-18-13)14(15,16)17/h2-4,9,12,21H,1,5-8,10H2. The van der Waals surface area contributed by atoms with Crippen molar-refractivity contribution in [3.05, 3.63) is 36.5 Å². The normalized spacial score (nSPS) is 18.6. The van der Waals surface area contributed by atoms with E-state index in [-0.39, 0.29) is 0 Å². The van der Waals surface area contributed by atoms with Crippen molar-refractivity contribution in [2.75, 3.05) is 37.6 Å². The summed E-state index contributed by atoms with van der Waals surface area (Å²) < 4.78 is 37.4. The van der Waals surface area contributed by atoms with Gasteiger partial charge in [0.15, 0.2) is 0 Å². The lowest BCUT2D eigenvalue weighted by Crippen LogP contribution is -2.48. The molecule has 0 amide bonds. The number of piperazine rings is 1. The molecule has 116 valence electrons. The van der Waals surface area contributed by atoms with Crippen LogP contribution in [0.15, 0.2) is 31.0 Å². The monoisotopic (exact) mass is 301 g/mol. The summed E-state index contributed by atoms with van der Waals surface area (Å²) in [5.41, 5.74) is -0.737. The van der Waals surface area contributed by atoms with Crippen LogP contribution < -0.4 is 4.90 Å². The lowest BCUT2D eigenvalue weighted by atomic mass is 10.2. The fraction of sp³-hybridized carbons (Fsp3) is 0.500. The van der Waals surface area contributed by atoms with Gasteiger partial charge in [0.25, 0.3) is 0 Å². The van der Waals surface area contributed by atoms with Crippen molar-refractivity contribution < 1.29 is 18.3 Å². The Balaban J connectivity index is 1.92. The molecule has 1 aliphatic heterocycles. The molecule has 7 heteroatoms. The van der Waals surface area contributed by atoms with Gasteiger partial charge in [-0.25, -0.2) is 4.98 Å². The molecule has 2 heterocycles. The zero-order valence-electron chi connectivity index (χ0n) is 11.6. The van der Waals surface area contributed by atoms with Crippen LogP contribution >= 0.6 is 0 Å². The molecule has 0 radical (unpaired) electrons. The Labute approximate surface area is 121 Å². The van der Waals surface area contributed by atoms with Crippen molar-refractivity contribution in [1.29, 1.82) is 0 Å². The molecule has 0 saturated carbocycles. The number of aliphatic hydroxyl groups excluding tert-OH is 1. The maximum absolute atomic E-state index is 12.5. The van der Waals surface area contributed by atoms with E-state index in [0.717, 1.165) is 25.4 Å². The van der Waals surface area contributed by atoms with Crippen LogP contribution in [0.25, 0.3) is 0 Å². The Kier molecular flexibility index (Phi) is 4.84. The van der Waals surface area contributed by atoms with Crippen LogP contribution in [0.2, 0.25) is 0 Å². The first-order valence-corrected chi connectivity index (χ1v) is 6.71. The highest BCUT2D eigenvalue weighted by atomic mass is 19.4. The predicted octanol–water partition coefficient (Wildman–Crippen LogP) is 1.77. The minimum atomic E-state index is -4.36. The zero-order chi connectivity index (χ0) is 15.5. The van der Waals surface area contributed by atoms with E-state index in [1.165, 1.54) is 12.1 Å². The number of hydrogen-bond donors (Lipinski definition) is 1. The van der Waals surface area contributed by atoms with E-state index in [1.54, 1.807) is 0 Å². The van der Waals surface area contributed by atoms with E-state index in [0.29, 0.717) is 25.5 Å². The van der Waals surface area contributed by atoms with Crippen molar-refractivity contribution in [3.8, 4) is 0 Å². The topological polar surface area (TPSA) is 39.6 Å². The van der Waals surface area contributed by atoms with E-state index in [2.05, 4.69) is 16.5 Å². The maximum atomic E-state index is 12.5.